The lowest BCUT2D eigenvalue weighted by molar-refractivity contribution is -0.152. The van der Waals surface area contributed by atoms with Crippen molar-refractivity contribution in [3.05, 3.63) is 18.2 Å². The van der Waals surface area contributed by atoms with E-state index in [0.717, 1.165) is 51.1 Å². The molecule has 1 spiro atoms. The molecule has 1 amide bonds. The highest BCUT2D eigenvalue weighted by atomic mass is 16.6. The van der Waals surface area contributed by atoms with Crippen LogP contribution in [0.1, 0.15) is 51.3 Å². The predicted molar refractivity (Wildman–Crippen MR) is 105 cm³/mol. The molecule has 7 heteroatoms. The van der Waals surface area contributed by atoms with Crippen LogP contribution >= 0.6 is 0 Å². The van der Waals surface area contributed by atoms with E-state index in [2.05, 4.69) is 21.4 Å². The van der Waals surface area contributed by atoms with Crippen LogP contribution in [0.15, 0.2) is 12.4 Å². The van der Waals surface area contributed by atoms with Gasteiger partial charge in [-0.2, -0.15) is 0 Å². The Labute approximate surface area is 167 Å². The zero-order valence-corrected chi connectivity index (χ0v) is 16.9. The monoisotopic (exact) mass is 388 g/mol. The van der Waals surface area contributed by atoms with Gasteiger partial charge in [0.2, 0.25) is 5.91 Å². The number of hydrogen-bond donors (Lipinski definition) is 0. The molecule has 0 aromatic carbocycles. The van der Waals surface area contributed by atoms with Gasteiger partial charge in [0, 0.05) is 57.8 Å². The molecule has 28 heavy (non-hydrogen) atoms. The normalized spacial score (nSPS) is 24.8. The third kappa shape index (κ3) is 3.95. The minimum Gasteiger partial charge on any atom is -0.461 e. The fourth-order valence-corrected chi connectivity index (χ4v) is 5.02. The van der Waals surface area contributed by atoms with Crippen molar-refractivity contribution >= 4 is 11.9 Å². The van der Waals surface area contributed by atoms with Crippen molar-refractivity contribution in [3.8, 4) is 0 Å². The molecule has 154 valence electrons. The molecule has 7 nitrogen and oxygen atoms in total. The van der Waals surface area contributed by atoms with Gasteiger partial charge in [-0.3, -0.25) is 14.5 Å². The molecule has 1 unspecified atom stereocenters. The number of nitrogens with zero attached hydrogens (tertiary/aromatic N) is 4. The first-order chi connectivity index (χ1) is 13.6. The van der Waals surface area contributed by atoms with Gasteiger partial charge in [0.1, 0.15) is 11.9 Å². The Morgan fingerprint density at radius 1 is 1.25 bits per heavy atom. The number of aromatic nitrogens is 2. The summed E-state index contributed by atoms with van der Waals surface area (Å²) in [6.45, 7) is 7.19. The molecule has 1 aromatic heterocycles. The third-order valence-electron chi connectivity index (χ3n) is 6.74. The number of piperidine rings is 1. The van der Waals surface area contributed by atoms with Crippen LogP contribution in [-0.4, -0.2) is 70.1 Å². The molecule has 1 atom stereocenters. The molecule has 1 aromatic rings. The second-order valence-corrected chi connectivity index (χ2v) is 8.54. The topological polar surface area (TPSA) is 67.7 Å². The van der Waals surface area contributed by atoms with Crippen LogP contribution in [0, 0.1) is 5.41 Å². The Morgan fingerprint density at radius 3 is 2.71 bits per heavy atom. The van der Waals surface area contributed by atoms with Gasteiger partial charge in [-0.25, -0.2) is 4.98 Å². The molecule has 3 aliphatic heterocycles. The number of carbonyl (C=O) groups excluding carboxylic acids is 2. The van der Waals surface area contributed by atoms with Crippen molar-refractivity contribution in [2.24, 2.45) is 5.41 Å². The van der Waals surface area contributed by atoms with E-state index < -0.39 is 0 Å². The molecule has 0 bridgehead atoms. The van der Waals surface area contributed by atoms with Gasteiger partial charge in [-0.15, -0.1) is 0 Å². The van der Waals surface area contributed by atoms with Crippen LogP contribution < -0.4 is 0 Å². The van der Waals surface area contributed by atoms with Crippen LogP contribution in [0.5, 0.6) is 0 Å². The molecular formula is C21H32N4O3. The average molecular weight is 389 g/mol. The van der Waals surface area contributed by atoms with Crippen molar-refractivity contribution in [3.63, 3.8) is 0 Å². The number of ether oxygens (including phenoxy) is 1. The van der Waals surface area contributed by atoms with E-state index in [1.807, 2.05) is 11.1 Å². The smallest absolute Gasteiger partial charge is 0.312 e. The Balaban J connectivity index is 1.26. The number of amides is 1. The first-order valence-electron chi connectivity index (χ1n) is 10.8. The van der Waals surface area contributed by atoms with Gasteiger partial charge in [0.15, 0.2) is 0 Å². The SMILES string of the molecule is CCc1nccn1CCC(=O)N1CCC2(CC1)CC(CN1CCCC1)OC2=O. The molecule has 3 saturated heterocycles. The third-order valence-corrected chi connectivity index (χ3v) is 6.74. The van der Waals surface area contributed by atoms with E-state index in [1.165, 1.54) is 12.8 Å². The fraction of sp³-hybridized carbons (Fsp3) is 0.762. The van der Waals surface area contributed by atoms with Gasteiger partial charge >= 0.3 is 5.97 Å². The first kappa shape index (κ1) is 19.4. The summed E-state index contributed by atoms with van der Waals surface area (Å²) in [6.07, 6.45) is 9.90. The summed E-state index contributed by atoms with van der Waals surface area (Å²) in [4.78, 5) is 33.9. The van der Waals surface area contributed by atoms with Gasteiger partial charge in [0.05, 0.1) is 5.41 Å². The average Bonchev–Trinajstić information content (AvgIpc) is 3.42. The summed E-state index contributed by atoms with van der Waals surface area (Å²) < 4.78 is 7.80. The van der Waals surface area contributed by atoms with Crippen LogP contribution in [0.3, 0.4) is 0 Å². The lowest BCUT2D eigenvalue weighted by Crippen LogP contribution is -2.45. The highest BCUT2D eigenvalue weighted by Gasteiger charge is 2.51. The van der Waals surface area contributed by atoms with E-state index in [0.29, 0.717) is 26.1 Å². The summed E-state index contributed by atoms with van der Waals surface area (Å²) in [5.74, 6) is 1.16. The number of likely N-dealkylation sites (tertiary alicyclic amines) is 2. The van der Waals surface area contributed by atoms with Gasteiger partial charge in [0.25, 0.3) is 0 Å². The molecule has 4 rings (SSSR count). The summed E-state index contributed by atoms with van der Waals surface area (Å²) in [7, 11) is 0. The largest absolute Gasteiger partial charge is 0.461 e. The molecule has 0 radical (unpaired) electrons. The second-order valence-electron chi connectivity index (χ2n) is 8.54. The molecule has 0 saturated carbocycles. The molecule has 0 aliphatic carbocycles. The van der Waals surface area contributed by atoms with E-state index in [9.17, 15) is 9.59 Å². The van der Waals surface area contributed by atoms with Crippen molar-refractivity contribution in [1.82, 2.24) is 19.4 Å². The van der Waals surface area contributed by atoms with E-state index in [1.54, 1.807) is 6.20 Å². The number of esters is 1. The number of rotatable bonds is 6. The Morgan fingerprint density at radius 2 is 2.00 bits per heavy atom. The zero-order chi connectivity index (χ0) is 19.6. The zero-order valence-electron chi connectivity index (χ0n) is 16.9. The minimum atomic E-state index is -0.360. The predicted octanol–water partition coefficient (Wildman–Crippen LogP) is 1.86. The lowest BCUT2D eigenvalue weighted by Gasteiger charge is -2.36. The number of cyclic esters (lactones) is 1. The maximum atomic E-state index is 12.6. The summed E-state index contributed by atoms with van der Waals surface area (Å²) in [6, 6.07) is 0. The molecule has 3 fully saturated rings. The van der Waals surface area contributed by atoms with Crippen molar-refractivity contribution < 1.29 is 14.3 Å². The molecule has 4 heterocycles. The molecular weight excluding hydrogens is 356 g/mol. The Bertz CT molecular complexity index is 702. The van der Waals surface area contributed by atoms with Gasteiger partial charge < -0.3 is 14.2 Å². The van der Waals surface area contributed by atoms with Crippen molar-refractivity contribution in [1.29, 1.82) is 0 Å². The quantitative estimate of drug-likeness (QED) is 0.696. The first-order valence-corrected chi connectivity index (χ1v) is 10.8. The number of aryl methyl sites for hydroxylation is 2. The van der Waals surface area contributed by atoms with Crippen LogP contribution in [0.4, 0.5) is 0 Å². The highest BCUT2D eigenvalue weighted by molar-refractivity contribution is 5.80. The number of carbonyl (C=O) groups is 2. The minimum absolute atomic E-state index is 0.0292. The van der Waals surface area contributed by atoms with Crippen molar-refractivity contribution in [2.75, 3.05) is 32.7 Å². The van der Waals surface area contributed by atoms with Crippen LogP contribution in [0.25, 0.3) is 0 Å². The van der Waals surface area contributed by atoms with Crippen molar-refractivity contribution in [2.45, 2.75) is 64.5 Å². The van der Waals surface area contributed by atoms with Crippen LogP contribution in [0.2, 0.25) is 0 Å². The maximum absolute atomic E-state index is 12.6. The van der Waals surface area contributed by atoms with Gasteiger partial charge in [-0.05, 0) is 38.8 Å². The van der Waals surface area contributed by atoms with Crippen LogP contribution in [-0.2, 0) is 27.3 Å². The number of hydrogen-bond acceptors (Lipinski definition) is 5. The Kier molecular flexibility index (Phi) is 5.71. The Hall–Kier alpha value is -1.89. The van der Waals surface area contributed by atoms with E-state index in [-0.39, 0.29) is 23.4 Å². The lowest BCUT2D eigenvalue weighted by atomic mass is 9.76. The molecule has 3 aliphatic rings. The fourth-order valence-electron chi connectivity index (χ4n) is 5.02. The summed E-state index contributed by atoms with van der Waals surface area (Å²) in [5, 5.41) is 0. The summed E-state index contributed by atoms with van der Waals surface area (Å²) in [5.41, 5.74) is -0.360. The van der Waals surface area contributed by atoms with Gasteiger partial charge in [-0.1, -0.05) is 6.92 Å². The maximum Gasteiger partial charge on any atom is 0.312 e. The molecule has 0 N–H and O–H groups in total. The second kappa shape index (κ2) is 8.23. The number of imidazole rings is 1. The summed E-state index contributed by atoms with van der Waals surface area (Å²) >= 11 is 0. The highest BCUT2D eigenvalue weighted by Crippen LogP contribution is 2.43. The van der Waals surface area contributed by atoms with E-state index in [4.69, 9.17) is 4.74 Å². The standard InChI is InChI=1S/C21H32N4O3/c1-2-18-22-8-14-24(18)11-5-19(26)25-12-6-21(7-13-25)15-17(28-20(21)27)16-23-9-3-4-10-23/h8,14,17H,2-7,9-13,15-16H2,1H3. The van der Waals surface area contributed by atoms with E-state index >= 15 is 0 Å².